The third-order valence-corrected chi connectivity index (χ3v) is 5.68. The van der Waals surface area contributed by atoms with Crippen molar-refractivity contribution in [2.75, 3.05) is 13.1 Å². The molecule has 1 nitrogen and oxygen atoms in total. The smallest absolute Gasteiger partial charge is 0.0558 e. The van der Waals surface area contributed by atoms with Gasteiger partial charge in [0.15, 0.2) is 0 Å². The van der Waals surface area contributed by atoms with E-state index in [1.54, 1.807) is 11.3 Å². The maximum Gasteiger partial charge on any atom is 0.0558 e. The molecule has 15 heavy (non-hydrogen) atoms. The molecule has 1 fully saturated rings. The van der Waals surface area contributed by atoms with Crippen LogP contribution in [0.15, 0.2) is 11.4 Å². The van der Waals surface area contributed by atoms with E-state index in [4.69, 9.17) is 11.6 Å². The average Bonchev–Trinajstić information content (AvgIpc) is 2.59. The standard InChI is InChI=1S/C11H15BrClNS/c1-8-6-14(4-2-9(8)12)7-11-10(13)3-5-15-11/h3,5,8-9H,2,4,6-7H2,1H3. The number of alkyl halides is 1. The molecule has 84 valence electrons. The van der Waals surface area contributed by atoms with Gasteiger partial charge in [-0.2, -0.15) is 0 Å². The predicted octanol–water partition coefficient (Wildman–Crippen LogP) is 4.01. The van der Waals surface area contributed by atoms with Crippen LogP contribution >= 0.6 is 38.9 Å². The first kappa shape index (κ1) is 11.9. The lowest BCUT2D eigenvalue weighted by Gasteiger charge is -2.34. The number of halogens is 2. The first-order valence-corrected chi connectivity index (χ1v) is 7.42. The van der Waals surface area contributed by atoms with Crippen LogP contribution < -0.4 is 0 Å². The summed E-state index contributed by atoms with van der Waals surface area (Å²) in [5.74, 6) is 0.734. The number of likely N-dealkylation sites (tertiary alicyclic amines) is 1. The van der Waals surface area contributed by atoms with Crippen LogP contribution in [0.5, 0.6) is 0 Å². The minimum atomic E-state index is 0.688. The van der Waals surface area contributed by atoms with E-state index < -0.39 is 0 Å². The van der Waals surface area contributed by atoms with Crippen LogP contribution in [0.3, 0.4) is 0 Å². The Balaban J connectivity index is 1.94. The second kappa shape index (κ2) is 5.17. The number of piperidine rings is 1. The van der Waals surface area contributed by atoms with Crippen LogP contribution in [0.25, 0.3) is 0 Å². The molecule has 0 spiro atoms. The van der Waals surface area contributed by atoms with Crippen LogP contribution in [0.1, 0.15) is 18.2 Å². The minimum absolute atomic E-state index is 0.688. The maximum absolute atomic E-state index is 6.10. The second-order valence-electron chi connectivity index (χ2n) is 4.21. The van der Waals surface area contributed by atoms with E-state index in [1.807, 2.05) is 6.07 Å². The van der Waals surface area contributed by atoms with Crippen molar-refractivity contribution < 1.29 is 0 Å². The highest BCUT2D eigenvalue weighted by Crippen LogP contribution is 2.28. The van der Waals surface area contributed by atoms with Crippen LogP contribution in [-0.2, 0) is 6.54 Å². The van der Waals surface area contributed by atoms with E-state index >= 15 is 0 Å². The number of hydrogen-bond donors (Lipinski definition) is 0. The Morgan fingerprint density at radius 3 is 3.07 bits per heavy atom. The molecule has 1 aromatic heterocycles. The van der Waals surface area contributed by atoms with Gasteiger partial charge in [-0.1, -0.05) is 34.5 Å². The summed E-state index contributed by atoms with van der Waals surface area (Å²) in [5.41, 5.74) is 0. The van der Waals surface area contributed by atoms with Gasteiger partial charge in [-0.05, 0) is 30.3 Å². The van der Waals surface area contributed by atoms with Crippen molar-refractivity contribution in [3.05, 3.63) is 21.3 Å². The quantitative estimate of drug-likeness (QED) is 0.746. The van der Waals surface area contributed by atoms with E-state index in [1.165, 1.54) is 24.4 Å². The number of hydrogen-bond acceptors (Lipinski definition) is 2. The average molecular weight is 309 g/mol. The molecule has 1 aliphatic rings. The lowest BCUT2D eigenvalue weighted by atomic mass is 10.0. The number of nitrogens with zero attached hydrogens (tertiary/aromatic N) is 1. The van der Waals surface area contributed by atoms with E-state index in [0.717, 1.165) is 17.5 Å². The molecule has 2 unspecified atom stereocenters. The molecule has 0 bridgehead atoms. The highest BCUT2D eigenvalue weighted by molar-refractivity contribution is 9.09. The Morgan fingerprint density at radius 2 is 2.47 bits per heavy atom. The zero-order valence-electron chi connectivity index (χ0n) is 8.75. The van der Waals surface area contributed by atoms with Crippen molar-refractivity contribution in [3.63, 3.8) is 0 Å². The highest BCUT2D eigenvalue weighted by Gasteiger charge is 2.24. The minimum Gasteiger partial charge on any atom is -0.298 e. The summed E-state index contributed by atoms with van der Waals surface area (Å²) >= 11 is 11.6. The Morgan fingerprint density at radius 1 is 1.67 bits per heavy atom. The fourth-order valence-electron chi connectivity index (χ4n) is 1.99. The van der Waals surface area contributed by atoms with E-state index in [0.29, 0.717) is 4.83 Å². The molecule has 4 heteroatoms. The summed E-state index contributed by atoms with van der Waals surface area (Å²) in [6.45, 7) is 5.67. The third kappa shape index (κ3) is 2.96. The van der Waals surface area contributed by atoms with Crippen molar-refractivity contribution in [3.8, 4) is 0 Å². The van der Waals surface area contributed by atoms with Gasteiger partial charge in [0.05, 0.1) is 5.02 Å². The summed E-state index contributed by atoms with van der Waals surface area (Å²) in [4.78, 5) is 4.49. The summed E-state index contributed by atoms with van der Waals surface area (Å²) < 4.78 is 0. The van der Waals surface area contributed by atoms with Gasteiger partial charge in [-0.25, -0.2) is 0 Å². The van der Waals surface area contributed by atoms with Crippen LogP contribution in [0, 0.1) is 5.92 Å². The first-order valence-electron chi connectivity index (χ1n) is 5.25. The fraction of sp³-hybridized carbons (Fsp3) is 0.636. The Labute approximate surface area is 109 Å². The van der Waals surface area contributed by atoms with Crippen molar-refractivity contribution in [2.24, 2.45) is 5.92 Å². The summed E-state index contributed by atoms with van der Waals surface area (Å²) in [7, 11) is 0. The molecular weight excluding hydrogens is 294 g/mol. The normalized spacial score (nSPS) is 28.2. The molecule has 0 aliphatic carbocycles. The zero-order chi connectivity index (χ0) is 10.8. The van der Waals surface area contributed by atoms with E-state index in [-0.39, 0.29) is 0 Å². The van der Waals surface area contributed by atoms with Crippen LogP contribution in [0.2, 0.25) is 5.02 Å². The molecule has 0 saturated carbocycles. The summed E-state index contributed by atoms with van der Waals surface area (Å²) in [6.07, 6.45) is 1.24. The molecule has 2 rings (SSSR count). The predicted molar refractivity (Wildman–Crippen MR) is 71.1 cm³/mol. The van der Waals surface area contributed by atoms with Gasteiger partial charge in [0.2, 0.25) is 0 Å². The molecule has 0 N–H and O–H groups in total. The highest BCUT2D eigenvalue weighted by atomic mass is 79.9. The van der Waals surface area contributed by atoms with Gasteiger partial charge in [0, 0.05) is 22.8 Å². The van der Waals surface area contributed by atoms with Crippen LogP contribution in [-0.4, -0.2) is 22.8 Å². The van der Waals surface area contributed by atoms with Crippen molar-refractivity contribution >= 4 is 38.9 Å². The lowest BCUT2D eigenvalue weighted by molar-refractivity contribution is 0.185. The monoisotopic (exact) mass is 307 g/mol. The second-order valence-corrected chi connectivity index (χ2v) is 6.79. The molecule has 1 aliphatic heterocycles. The Kier molecular flexibility index (Phi) is 4.10. The fourth-order valence-corrected chi connectivity index (χ4v) is 3.50. The van der Waals surface area contributed by atoms with Crippen molar-refractivity contribution in [2.45, 2.75) is 24.7 Å². The molecule has 0 radical (unpaired) electrons. The van der Waals surface area contributed by atoms with Gasteiger partial charge in [-0.15, -0.1) is 11.3 Å². The first-order chi connectivity index (χ1) is 7.16. The number of thiophene rings is 1. The topological polar surface area (TPSA) is 3.24 Å². The van der Waals surface area contributed by atoms with Gasteiger partial charge in [0.25, 0.3) is 0 Å². The van der Waals surface area contributed by atoms with Gasteiger partial charge in [0.1, 0.15) is 0 Å². The Bertz CT molecular complexity index is 328. The van der Waals surface area contributed by atoms with Crippen molar-refractivity contribution in [1.82, 2.24) is 4.90 Å². The number of rotatable bonds is 2. The van der Waals surface area contributed by atoms with E-state index in [9.17, 15) is 0 Å². The molecule has 2 heterocycles. The molecule has 0 aromatic carbocycles. The lowest BCUT2D eigenvalue weighted by Crippen LogP contribution is -2.39. The SMILES string of the molecule is CC1CN(Cc2sccc2Cl)CCC1Br. The van der Waals surface area contributed by atoms with Crippen molar-refractivity contribution in [1.29, 1.82) is 0 Å². The largest absolute Gasteiger partial charge is 0.298 e. The Hall–Kier alpha value is 0.430. The molecule has 1 aromatic rings. The molecule has 1 saturated heterocycles. The van der Waals surface area contributed by atoms with Gasteiger partial charge < -0.3 is 0 Å². The zero-order valence-corrected chi connectivity index (χ0v) is 11.9. The van der Waals surface area contributed by atoms with Crippen LogP contribution in [0.4, 0.5) is 0 Å². The summed E-state index contributed by atoms with van der Waals surface area (Å²) in [6, 6.07) is 1.99. The molecule has 0 amide bonds. The van der Waals surface area contributed by atoms with Gasteiger partial charge in [-0.3, -0.25) is 4.90 Å². The maximum atomic E-state index is 6.10. The molecular formula is C11H15BrClNS. The molecule has 2 atom stereocenters. The van der Waals surface area contributed by atoms with E-state index in [2.05, 4.69) is 33.1 Å². The van der Waals surface area contributed by atoms with Gasteiger partial charge >= 0.3 is 0 Å². The third-order valence-electron chi connectivity index (χ3n) is 2.94. The summed E-state index contributed by atoms with van der Waals surface area (Å²) in [5, 5.41) is 2.99.